The van der Waals surface area contributed by atoms with Crippen molar-refractivity contribution in [3.05, 3.63) is 60.2 Å². The van der Waals surface area contributed by atoms with Crippen LogP contribution in [0.2, 0.25) is 0 Å². The molecule has 2 N–H and O–H groups in total. The van der Waals surface area contributed by atoms with E-state index in [1.807, 2.05) is 55.5 Å². The highest BCUT2D eigenvalue weighted by atomic mass is 32.2. The van der Waals surface area contributed by atoms with Gasteiger partial charge in [0.05, 0.1) is 5.25 Å². The predicted octanol–water partition coefficient (Wildman–Crippen LogP) is 5.10. The maximum absolute atomic E-state index is 12.7. The Hall–Kier alpha value is -2.60. The number of nitrogens with one attached hydrogen (secondary N) is 2. The molecule has 27 heavy (non-hydrogen) atoms. The summed E-state index contributed by atoms with van der Waals surface area (Å²) in [6.07, 6.45) is 1.02. The molecule has 1 amide bonds. The number of nitrogens with zero attached hydrogens (tertiary/aromatic N) is 2. The minimum Gasteiger partial charge on any atom is -0.325 e. The molecule has 5 nitrogen and oxygen atoms in total. The summed E-state index contributed by atoms with van der Waals surface area (Å²) in [5, 5.41) is 10.5. The van der Waals surface area contributed by atoms with E-state index in [0.717, 1.165) is 23.2 Å². The van der Waals surface area contributed by atoms with Crippen LogP contribution in [0.3, 0.4) is 0 Å². The fraction of sp³-hybridized carbons (Fsp3) is 0.286. The topological polar surface area (TPSA) is 70.7 Å². The minimum absolute atomic E-state index is 0.0539. The summed E-state index contributed by atoms with van der Waals surface area (Å²) in [6, 6.07) is 17.8. The van der Waals surface area contributed by atoms with Gasteiger partial charge in [-0.15, -0.1) is 5.10 Å². The Morgan fingerprint density at radius 3 is 2.56 bits per heavy atom. The first-order chi connectivity index (χ1) is 13.1. The van der Waals surface area contributed by atoms with Crippen molar-refractivity contribution in [2.45, 2.75) is 43.5 Å². The van der Waals surface area contributed by atoms with Crippen molar-refractivity contribution in [1.82, 2.24) is 15.2 Å². The summed E-state index contributed by atoms with van der Waals surface area (Å²) in [5.41, 5.74) is 3.01. The summed E-state index contributed by atoms with van der Waals surface area (Å²) in [5.74, 6) is 1.04. The SMILES string of the molecule is CCC(C)c1ccccc1NC(=O)C(C)Sc1n[nH]c(-c2ccccc2)n1. The molecule has 0 radical (unpaired) electrons. The summed E-state index contributed by atoms with van der Waals surface area (Å²) in [6.45, 7) is 6.18. The van der Waals surface area contributed by atoms with Gasteiger partial charge in [0.15, 0.2) is 5.82 Å². The average molecular weight is 381 g/mol. The lowest BCUT2D eigenvalue weighted by molar-refractivity contribution is -0.115. The van der Waals surface area contributed by atoms with E-state index in [1.54, 1.807) is 0 Å². The van der Waals surface area contributed by atoms with Gasteiger partial charge in [-0.25, -0.2) is 4.98 Å². The normalized spacial score (nSPS) is 13.1. The van der Waals surface area contributed by atoms with Gasteiger partial charge in [0.25, 0.3) is 0 Å². The maximum atomic E-state index is 12.7. The largest absolute Gasteiger partial charge is 0.325 e. The number of amides is 1. The van der Waals surface area contributed by atoms with Crippen LogP contribution in [0, 0.1) is 0 Å². The van der Waals surface area contributed by atoms with Crippen LogP contribution in [-0.2, 0) is 4.79 Å². The molecule has 0 aliphatic carbocycles. The molecule has 3 aromatic rings. The molecule has 0 spiro atoms. The number of benzene rings is 2. The van der Waals surface area contributed by atoms with Gasteiger partial charge < -0.3 is 5.32 Å². The van der Waals surface area contributed by atoms with Gasteiger partial charge in [-0.2, -0.15) is 0 Å². The highest BCUT2D eigenvalue weighted by Gasteiger charge is 2.19. The Labute approximate surface area is 164 Å². The molecule has 0 saturated heterocycles. The average Bonchev–Trinajstić information content (AvgIpc) is 3.17. The summed E-state index contributed by atoms with van der Waals surface area (Å²) >= 11 is 1.34. The number of hydrogen-bond acceptors (Lipinski definition) is 4. The van der Waals surface area contributed by atoms with E-state index < -0.39 is 0 Å². The number of aromatic nitrogens is 3. The fourth-order valence-electron chi connectivity index (χ4n) is 2.73. The van der Waals surface area contributed by atoms with Gasteiger partial charge in [-0.3, -0.25) is 9.89 Å². The molecule has 1 aromatic heterocycles. The van der Waals surface area contributed by atoms with Crippen LogP contribution in [0.15, 0.2) is 59.8 Å². The van der Waals surface area contributed by atoms with Crippen LogP contribution in [-0.4, -0.2) is 26.3 Å². The second kappa shape index (κ2) is 8.86. The van der Waals surface area contributed by atoms with Crippen molar-refractivity contribution in [3.8, 4) is 11.4 Å². The van der Waals surface area contributed by atoms with Crippen molar-refractivity contribution in [2.24, 2.45) is 0 Å². The number of para-hydroxylation sites is 1. The number of H-pyrrole nitrogens is 1. The molecule has 140 valence electrons. The van der Waals surface area contributed by atoms with Crippen LogP contribution in [0.4, 0.5) is 5.69 Å². The van der Waals surface area contributed by atoms with E-state index in [4.69, 9.17) is 0 Å². The molecule has 0 fully saturated rings. The zero-order valence-electron chi connectivity index (χ0n) is 15.8. The number of carbonyl (C=O) groups is 1. The van der Waals surface area contributed by atoms with Gasteiger partial charge in [-0.05, 0) is 30.9 Å². The molecular weight excluding hydrogens is 356 g/mol. The van der Waals surface area contributed by atoms with Crippen LogP contribution >= 0.6 is 11.8 Å². The lowest BCUT2D eigenvalue weighted by atomic mass is 9.97. The second-order valence-corrected chi connectivity index (χ2v) is 7.79. The van der Waals surface area contributed by atoms with Gasteiger partial charge in [-0.1, -0.05) is 74.1 Å². The lowest BCUT2D eigenvalue weighted by Crippen LogP contribution is -2.23. The first-order valence-corrected chi connectivity index (χ1v) is 10.0. The standard InChI is InChI=1S/C21H24N4OS/c1-4-14(2)17-12-8-9-13-18(17)22-20(26)15(3)27-21-23-19(24-25-21)16-10-6-5-7-11-16/h5-15H,4H2,1-3H3,(H,22,26)(H,23,24,25). The first kappa shape index (κ1) is 19.2. The molecule has 6 heteroatoms. The summed E-state index contributed by atoms with van der Waals surface area (Å²) < 4.78 is 0. The van der Waals surface area contributed by atoms with Crippen LogP contribution in [0.5, 0.6) is 0 Å². The van der Waals surface area contributed by atoms with Gasteiger partial charge >= 0.3 is 0 Å². The molecule has 0 saturated carbocycles. The Morgan fingerprint density at radius 2 is 1.81 bits per heavy atom. The number of thioether (sulfide) groups is 1. The number of anilines is 1. The number of rotatable bonds is 7. The molecule has 3 rings (SSSR count). The smallest absolute Gasteiger partial charge is 0.237 e. The van der Waals surface area contributed by atoms with Crippen molar-refractivity contribution < 1.29 is 4.79 Å². The molecule has 0 bridgehead atoms. The van der Waals surface area contributed by atoms with Gasteiger partial charge in [0, 0.05) is 11.3 Å². The summed E-state index contributed by atoms with van der Waals surface area (Å²) in [7, 11) is 0. The maximum Gasteiger partial charge on any atom is 0.237 e. The van der Waals surface area contributed by atoms with Crippen molar-refractivity contribution in [3.63, 3.8) is 0 Å². The Morgan fingerprint density at radius 1 is 1.11 bits per heavy atom. The molecule has 0 aliphatic heterocycles. The Kier molecular flexibility index (Phi) is 6.29. The molecule has 2 unspecified atom stereocenters. The third-order valence-corrected chi connectivity index (χ3v) is 5.49. The number of aromatic amines is 1. The predicted molar refractivity (Wildman–Crippen MR) is 111 cm³/mol. The van der Waals surface area contributed by atoms with E-state index in [0.29, 0.717) is 16.9 Å². The lowest BCUT2D eigenvalue weighted by Gasteiger charge is -2.17. The zero-order valence-corrected chi connectivity index (χ0v) is 16.6. The van der Waals surface area contributed by atoms with Crippen molar-refractivity contribution in [1.29, 1.82) is 0 Å². The Bertz CT molecular complexity index is 894. The quantitative estimate of drug-likeness (QED) is 0.559. The molecule has 0 aliphatic rings. The van der Waals surface area contributed by atoms with Crippen LogP contribution in [0.1, 0.15) is 38.7 Å². The van der Waals surface area contributed by atoms with E-state index >= 15 is 0 Å². The van der Waals surface area contributed by atoms with Crippen LogP contribution < -0.4 is 5.32 Å². The highest BCUT2D eigenvalue weighted by molar-refractivity contribution is 8.00. The Balaban J connectivity index is 1.66. The number of hydrogen-bond donors (Lipinski definition) is 2. The first-order valence-electron chi connectivity index (χ1n) is 9.12. The monoisotopic (exact) mass is 380 g/mol. The number of carbonyl (C=O) groups excluding carboxylic acids is 1. The fourth-order valence-corrected chi connectivity index (χ4v) is 3.46. The van der Waals surface area contributed by atoms with E-state index in [-0.39, 0.29) is 11.2 Å². The van der Waals surface area contributed by atoms with Gasteiger partial charge in [0.2, 0.25) is 11.1 Å². The van der Waals surface area contributed by atoms with E-state index in [9.17, 15) is 4.79 Å². The summed E-state index contributed by atoms with van der Waals surface area (Å²) in [4.78, 5) is 17.1. The molecule has 2 atom stereocenters. The third kappa shape index (κ3) is 4.77. The highest BCUT2D eigenvalue weighted by Crippen LogP contribution is 2.28. The molecule has 1 heterocycles. The van der Waals surface area contributed by atoms with Crippen molar-refractivity contribution in [2.75, 3.05) is 5.32 Å². The third-order valence-electron chi connectivity index (χ3n) is 4.53. The minimum atomic E-state index is -0.311. The van der Waals surface area contributed by atoms with Crippen molar-refractivity contribution >= 4 is 23.4 Å². The molecular formula is C21H24N4OS. The second-order valence-electron chi connectivity index (χ2n) is 6.48. The van der Waals surface area contributed by atoms with E-state index in [1.165, 1.54) is 11.8 Å². The zero-order chi connectivity index (χ0) is 19.2. The van der Waals surface area contributed by atoms with E-state index in [2.05, 4.69) is 40.4 Å². The van der Waals surface area contributed by atoms with Gasteiger partial charge in [0.1, 0.15) is 0 Å². The van der Waals surface area contributed by atoms with Crippen LogP contribution in [0.25, 0.3) is 11.4 Å². The molecule has 2 aromatic carbocycles.